The molecule has 0 aliphatic carbocycles. The number of halogens is 6. The lowest BCUT2D eigenvalue weighted by Crippen LogP contribution is -2.53. The fourth-order valence-electron chi connectivity index (χ4n) is 4.06. The zero-order chi connectivity index (χ0) is 29.9. The van der Waals surface area contributed by atoms with Crippen molar-refractivity contribution < 1.29 is 46.1 Å². The lowest BCUT2D eigenvalue weighted by molar-refractivity contribution is -0.376. The first-order chi connectivity index (χ1) is 18.4. The molecule has 0 aromatic heterocycles. The van der Waals surface area contributed by atoms with Gasteiger partial charge in [0.05, 0.1) is 5.60 Å². The van der Waals surface area contributed by atoms with Crippen LogP contribution in [0, 0.1) is 0 Å². The molecule has 1 heterocycles. The summed E-state index contributed by atoms with van der Waals surface area (Å²) in [6.45, 7) is 4.91. The van der Waals surface area contributed by atoms with Crippen molar-refractivity contribution in [3.8, 4) is 0 Å². The Morgan fingerprint density at radius 2 is 1.35 bits per heavy atom. The van der Waals surface area contributed by atoms with Crippen LogP contribution in [0.25, 0.3) is 0 Å². The fourth-order valence-corrected chi connectivity index (χ4v) is 4.06. The molecule has 2 aromatic rings. The number of piperazine rings is 1. The molecule has 1 aliphatic heterocycles. The summed E-state index contributed by atoms with van der Waals surface area (Å²) in [5.74, 6) is -0.236. The highest BCUT2D eigenvalue weighted by Gasteiger charge is 2.71. The molecule has 8 nitrogen and oxygen atoms in total. The average Bonchev–Trinajstić information content (AvgIpc) is 2.86. The Morgan fingerprint density at radius 3 is 1.82 bits per heavy atom. The predicted molar refractivity (Wildman–Crippen MR) is 133 cm³/mol. The van der Waals surface area contributed by atoms with Crippen molar-refractivity contribution in [1.82, 2.24) is 15.1 Å². The van der Waals surface area contributed by atoms with Gasteiger partial charge in [-0.15, -0.1) is 0 Å². The molecule has 1 fully saturated rings. The van der Waals surface area contributed by atoms with Crippen molar-refractivity contribution >= 4 is 17.6 Å². The standard InChI is InChI=1S/C26H30F6N4O4/c1-23(2,39)16-33-22(38)34-20-9-5-18(6-10-20)21(37)36-13-11-35(12-14-36)15-17-3-7-19(8-4-17)24(40,25(27,28)29)26(30,31)32/h3-10,39-40H,11-16H2,1-2H3,(H2,33,34,38). The van der Waals surface area contributed by atoms with E-state index >= 15 is 0 Å². The van der Waals surface area contributed by atoms with E-state index in [4.69, 9.17) is 0 Å². The number of anilines is 1. The van der Waals surface area contributed by atoms with Gasteiger partial charge >= 0.3 is 18.4 Å². The van der Waals surface area contributed by atoms with E-state index in [-0.39, 0.29) is 19.0 Å². The van der Waals surface area contributed by atoms with Gasteiger partial charge in [-0.05, 0) is 43.7 Å². The van der Waals surface area contributed by atoms with Crippen LogP contribution in [0.1, 0.15) is 35.3 Å². The summed E-state index contributed by atoms with van der Waals surface area (Å²) < 4.78 is 78.5. The molecule has 0 radical (unpaired) electrons. The molecule has 1 saturated heterocycles. The molecule has 14 heteroatoms. The molecule has 220 valence electrons. The second-order valence-electron chi connectivity index (χ2n) is 10.2. The Kier molecular flexibility index (Phi) is 9.06. The summed E-state index contributed by atoms with van der Waals surface area (Å²) in [5, 5.41) is 24.3. The number of urea groups is 1. The van der Waals surface area contributed by atoms with Crippen LogP contribution >= 0.6 is 0 Å². The second kappa shape index (κ2) is 11.6. The van der Waals surface area contributed by atoms with Gasteiger partial charge in [0.25, 0.3) is 11.5 Å². The highest BCUT2D eigenvalue weighted by atomic mass is 19.4. The summed E-state index contributed by atoms with van der Waals surface area (Å²) in [6, 6.07) is 9.19. The Bertz CT molecular complexity index is 1160. The molecule has 0 spiro atoms. The molecule has 0 saturated carbocycles. The molecule has 4 N–H and O–H groups in total. The van der Waals surface area contributed by atoms with E-state index in [1.807, 2.05) is 4.90 Å². The van der Waals surface area contributed by atoms with Crippen LogP contribution in [-0.2, 0) is 12.1 Å². The average molecular weight is 577 g/mol. The number of amides is 3. The molecular formula is C26H30F6N4O4. The summed E-state index contributed by atoms with van der Waals surface area (Å²) in [4.78, 5) is 28.3. The van der Waals surface area contributed by atoms with E-state index in [0.29, 0.717) is 55.1 Å². The van der Waals surface area contributed by atoms with Crippen molar-refractivity contribution in [1.29, 1.82) is 0 Å². The van der Waals surface area contributed by atoms with Crippen LogP contribution in [0.4, 0.5) is 36.8 Å². The third-order valence-corrected chi connectivity index (χ3v) is 6.33. The van der Waals surface area contributed by atoms with Crippen molar-refractivity contribution in [2.24, 2.45) is 0 Å². The van der Waals surface area contributed by atoms with E-state index in [0.717, 1.165) is 12.1 Å². The number of carbonyl (C=O) groups excluding carboxylic acids is 2. The lowest BCUT2D eigenvalue weighted by Gasteiger charge is -2.35. The molecule has 0 unspecified atom stereocenters. The zero-order valence-electron chi connectivity index (χ0n) is 21.7. The van der Waals surface area contributed by atoms with E-state index < -0.39 is 35.1 Å². The van der Waals surface area contributed by atoms with Gasteiger partial charge in [0.1, 0.15) is 0 Å². The molecule has 1 aliphatic rings. The monoisotopic (exact) mass is 576 g/mol. The van der Waals surface area contributed by atoms with Crippen LogP contribution in [0.3, 0.4) is 0 Å². The molecule has 0 bridgehead atoms. The van der Waals surface area contributed by atoms with Crippen LogP contribution in [0.2, 0.25) is 0 Å². The highest BCUT2D eigenvalue weighted by molar-refractivity contribution is 5.95. The fraction of sp³-hybridized carbons (Fsp3) is 0.462. The van der Waals surface area contributed by atoms with Gasteiger partial charge in [-0.25, -0.2) is 4.79 Å². The smallest absolute Gasteiger partial charge is 0.389 e. The van der Waals surface area contributed by atoms with Gasteiger partial charge in [-0.3, -0.25) is 9.69 Å². The van der Waals surface area contributed by atoms with Crippen LogP contribution in [0.15, 0.2) is 48.5 Å². The Labute approximate surface area is 226 Å². The minimum Gasteiger partial charge on any atom is -0.389 e. The predicted octanol–water partition coefficient (Wildman–Crippen LogP) is 3.85. The van der Waals surface area contributed by atoms with Gasteiger partial charge in [0.2, 0.25) is 0 Å². The third-order valence-electron chi connectivity index (χ3n) is 6.33. The molecule has 0 atom stereocenters. The summed E-state index contributed by atoms with van der Waals surface area (Å²) in [7, 11) is 0. The molecule has 3 rings (SSSR count). The molecular weight excluding hydrogens is 546 g/mol. The Morgan fingerprint density at radius 1 is 0.825 bits per heavy atom. The highest BCUT2D eigenvalue weighted by Crippen LogP contribution is 2.49. The Hall–Kier alpha value is -3.36. The first kappa shape index (κ1) is 31.2. The Balaban J connectivity index is 1.53. The van der Waals surface area contributed by atoms with Crippen molar-refractivity contribution in [2.75, 3.05) is 38.0 Å². The number of rotatable bonds is 7. The van der Waals surface area contributed by atoms with E-state index in [1.54, 1.807) is 43.0 Å². The summed E-state index contributed by atoms with van der Waals surface area (Å²) in [5.41, 5.74) is -6.06. The van der Waals surface area contributed by atoms with E-state index in [1.165, 1.54) is 0 Å². The van der Waals surface area contributed by atoms with Gasteiger partial charge in [0.15, 0.2) is 0 Å². The van der Waals surface area contributed by atoms with E-state index in [9.17, 15) is 46.1 Å². The van der Waals surface area contributed by atoms with Crippen molar-refractivity contribution in [2.45, 2.75) is 43.9 Å². The molecule has 3 amide bonds. The number of nitrogens with zero attached hydrogens (tertiary/aromatic N) is 2. The number of hydrogen-bond donors (Lipinski definition) is 4. The minimum absolute atomic E-state index is 0.0478. The van der Waals surface area contributed by atoms with E-state index in [2.05, 4.69) is 10.6 Å². The van der Waals surface area contributed by atoms with Crippen LogP contribution < -0.4 is 10.6 Å². The molecule has 40 heavy (non-hydrogen) atoms. The van der Waals surface area contributed by atoms with Gasteiger partial charge in [-0.2, -0.15) is 26.3 Å². The number of carbonyl (C=O) groups is 2. The summed E-state index contributed by atoms with van der Waals surface area (Å²) in [6.07, 6.45) is -11.9. The maximum absolute atomic E-state index is 13.1. The molecule has 2 aromatic carbocycles. The first-order valence-electron chi connectivity index (χ1n) is 12.2. The topological polar surface area (TPSA) is 105 Å². The normalized spacial score (nSPS) is 15.6. The van der Waals surface area contributed by atoms with Gasteiger partial charge in [0, 0.05) is 56.1 Å². The van der Waals surface area contributed by atoms with Gasteiger partial charge < -0.3 is 25.7 Å². The summed E-state index contributed by atoms with van der Waals surface area (Å²) >= 11 is 0. The number of benzene rings is 2. The maximum Gasteiger partial charge on any atom is 0.430 e. The second-order valence-corrected chi connectivity index (χ2v) is 10.2. The van der Waals surface area contributed by atoms with Crippen LogP contribution in [-0.4, -0.2) is 82.6 Å². The number of nitrogens with one attached hydrogen (secondary N) is 2. The zero-order valence-corrected chi connectivity index (χ0v) is 21.7. The maximum atomic E-state index is 13.1. The van der Waals surface area contributed by atoms with Crippen molar-refractivity contribution in [3.63, 3.8) is 0 Å². The van der Waals surface area contributed by atoms with Crippen LogP contribution in [0.5, 0.6) is 0 Å². The van der Waals surface area contributed by atoms with Crippen molar-refractivity contribution in [3.05, 3.63) is 65.2 Å². The number of hydrogen-bond acceptors (Lipinski definition) is 5. The lowest BCUT2D eigenvalue weighted by atomic mass is 9.91. The van der Waals surface area contributed by atoms with Gasteiger partial charge in [-0.1, -0.05) is 24.3 Å². The number of aliphatic hydroxyl groups is 2. The largest absolute Gasteiger partial charge is 0.430 e. The number of alkyl halides is 6. The third kappa shape index (κ3) is 7.43. The quantitative estimate of drug-likeness (QED) is 0.375. The first-order valence-corrected chi connectivity index (χ1v) is 12.2. The SMILES string of the molecule is CC(C)(O)CNC(=O)Nc1ccc(C(=O)N2CCN(Cc3ccc(C(O)(C(F)(F)F)C(F)(F)F)cc3)CC2)cc1. The minimum atomic E-state index is -5.95.